The number of aromatic nitrogens is 1. The fraction of sp³-hybridized carbons (Fsp3) is 0.125. The van der Waals surface area contributed by atoms with Gasteiger partial charge in [-0.2, -0.15) is 0 Å². The Bertz CT molecular complexity index is 1310. The topological polar surface area (TPSA) is 79.7 Å². The molecule has 2 heterocycles. The van der Waals surface area contributed by atoms with Gasteiger partial charge >= 0.3 is 0 Å². The highest BCUT2D eigenvalue weighted by Gasteiger charge is 2.48. The molecule has 1 aliphatic heterocycles. The van der Waals surface area contributed by atoms with E-state index < -0.39 is 40.8 Å². The van der Waals surface area contributed by atoms with E-state index in [-0.39, 0.29) is 21.9 Å². The van der Waals surface area contributed by atoms with Crippen molar-refractivity contribution in [2.45, 2.75) is 13.0 Å². The molecule has 3 aromatic rings. The molecule has 1 atom stereocenters. The lowest BCUT2D eigenvalue weighted by Gasteiger charge is -2.25. The summed E-state index contributed by atoms with van der Waals surface area (Å²) in [6.07, 6.45) is 2.84. The number of benzene rings is 2. The van der Waals surface area contributed by atoms with Gasteiger partial charge in [-0.15, -0.1) is 0 Å². The van der Waals surface area contributed by atoms with Gasteiger partial charge < -0.3 is 9.84 Å². The normalized spacial score (nSPS) is 17.5. The minimum absolute atomic E-state index is 0.0779. The highest BCUT2D eigenvalue weighted by Crippen LogP contribution is 2.45. The van der Waals surface area contributed by atoms with Crippen molar-refractivity contribution >= 4 is 34.7 Å². The Balaban J connectivity index is 2.03. The zero-order chi connectivity index (χ0) is 23.9. The molecule has 1 aliphatic rings. The standard InChI is InChI=1S/C24H17ClF2N2O4/c1-12-8-15(23(33-2)16(25)9-12)21(30)19-20(13-4-3-7-28-11-13)29(24(32)22(19)31)18-10-14(26)5-6-17(18)27/h3-11,20,30H,1-2H3/b21-19+. The number of ether oxygens (including phenoxy) is 1. The average Bonchev–Trinajstić information content (AvgIpc) is 3.05. The van der Waals surface area contributed by atoms with Crippen molar-refractivity contribution in [3.63, 3.8) is 0 Å². The number of hydrogen-bond acceptors (Lipinski definition) is 5. The van der Waals surface area contributed by atoms with Crippen molar-refractivity contribution in [2.75, 3.05) is 12.0 Å². The monoisotopic (exact) mass is 470 g/mol. The molecule has 0 bridgehead atoms. The maximum absolute atomic E-state index is 14.7. The number of aliphatic hydroxyl groups is 1. The van der Waals surface area contributed by atoms with E-state index in [2.05, 4.69) is 4.98 Å². The largest absolute Gasteiger partial charge is 0.507 e. The Morgan fingerprint density at radius 3 is 2.61 bits per heavy atom. The molecule has 2 aromatic carbocycles. The maximum atomic E-state index is 14.7. The van der Waals surface area contributed by atoms with E-state index in [4.69, 9.17) is 16.3 Å². The first-order valence-corrected chi connectivity index (χ1v) is 10.1. The van der Waals surface area contributed by atoms with E-state index in [0.29, 0.717) is 11.1 Å². The van der Waals surface area contributed by atoms with E-state index in [0.717, 1.165) is 23.1 Å². The predicted octanol–water partition coefficient (Wildman–Crippen LogP) is 4.96. The summed E-state index contributed by atoms with van der Waals surface area (Å²) in [5.41, 5.74) is 0.260. The summed E-state index contributed by atoms with van der Waals surface area (Å²) in [4.78, 5) is 31.0. The number of nitrogens with zero attached hydrogens (tertiary/aromatic N) is 2. The number of methoxy groups -OCH3 is 1. The second-order valence-corrected chi connectivity index (χ2v) is 7.79. The van der Waals surface area contributed by atoms with E-state index in [9.17, 15) is 23.5 Å². The fourth-order valence-electron chi connectivity index (χ4n) is 3.86. The highest BCUT2D eigenvalue weighted by atomic mass is 35.5. The number of anilines is 1. The average molecular weight is 471 g/mol. The third-order valence-electron chi connectivity index (χ3n) is 5.26. The van der Waals surface area contributed by atoms with E-state index in [1.54, 1.807) is 25.1 Å². The summed E-state index contributed by atoms with van der Waals surface area (Å²) in [6.45, 7) is 1.72. The molecule has 9 heteroatoms. The second kappa shape index (κ2) is 8.63. The molecule has 1 aromatic heterocycles. The molecular formula is C24H17ClF2N2O4. The molecular weight excluding hydrogens is 454 g/mol. The summed E-state index contributed by atoms with van der Waals surface area (Å²) in [5, 5.41) is 11.4. The number of amides is 1. The maximum Gasteiger partial charge on any atom is 0.300 e. The zero-order valence-electron chi connectivity index (χ0n) is 17.5. The Morgan fingerprint density at radius 1 is 1.18 bits per heavy atom. The van der Waals surface area contributed by atoms with Gasteiger partial charge in [-0.25, -0.2) is 8.78 Å². The van der Waals surface area contributed by atoms with Crippen molar-refractivity contribution in [1.82, 2.24) is 4.98 Å². The van der Waals surface area contributed by atoms with Gasteiger partial charge in [0.05, 0.1) is 35.0 Å². The summed E-state index contributed by atoms with van der Waals surface area (Å²) < 4.78 is 34.0. The van der Waals surface area contributed by atoms with Gasteiger partial charge in [-0.3, -0.25) is 19.5 Å². The van der Waals surface area contributed by atoms with Crippen LogP contribution in [0.1, 0.15) is 22.7 Å². The lowest BCUT2D eigenvalue weighted by Crippen LogP contribution is -2.30. The molecule has 0 aliphatic carbocycles. The van der Waals surface area contributed by atoms with Crippen LogP contribution >= 0.6 is 11.6 Å². The Labute approximate surface area is 192 Å². The highest BCUT2D eigenvalue weighted by molar-refractivity contribution is 6.51. The zero-order valence-corrected chi connectivity index (χ0v) is 18.2. The summed E-state index contributed by atoms with van der Waals surface area (Å²) in [5.74, 6) is -4.40. The number of rotatable bonds is 4. The van der Waals surface area contributed by atoms with Gasteiger partial charge in [0.15, 0.2) is 0 Å². The van der Waals surface area contributed by atoms with Crippen LogP contribution in [0.4, 0.5) is 14.5 Å². The first kappa shape index (κ1) is 22.4. The van der Waals surface area contributed by atoms with Crippen molar-refractivity contribution < 1.29 is 28.2 Å². The summed E-state index contributed by atoms with van der Waals surface area (Å²) >= 11 is 6.24. The van der Waals surface area contributed by atoms with E-state index in [1.165, 1.54) is 25.6 Å². The van der Waals surface area contributed by atoms with Crippen LogP contribution in [0.5, 0.6) is 5.75 Å². The lowest BCUT2D eigenvalue weighted by molar-refractivity contribution is -0.132. The van der Waals surface area contributed by atoms with Crippen LogP contribution in [0.3, 0.4) is 0 Å². The molecule has 33 heavy (non-hydrogen) atoms. The molecule has 0 spiro atoms. The third kappa shape index (κ3) is 3.82. The molecule has 6 nitrogen and oxygen atoms in total. The van der Waals surface area contributed by atoms with Crippen LogP contribution in [-0.2, 0) is 9.59 Å². The van der Waals surface area contributed by atoms with Crippen LogP contribution in [0, 0.1) is 18.6 Å². The Hall–Kier alpha value is -3.78. The molecule has 0 saturated carbocycles. The van der Waals surface area contributed by atoms with Crippen molar-refractivity contribution in [1.29, 1.82) is 0 Å². The number of hydrogen-bond donors (Lipinski definition) is 1. The molecule has 1 fully saturated rings. The summed E-state index contributed by atoms with van der Waals surface area (Å²) in [6, 6.07) is 7.55. The van der Waals surface area contributed by atoms with Crippen LogP contribution in [0.25, 0.3) is 5.76 Å². The number of aliphatic hydroxyl groups excluding tert-OH is 1. The number of pyridine rings is 1. The number of carbonyl (C=O) groups excluding carboxylic acids is 2. The number of aryl methyl sites for hydroxylation is 1. The Morgan fingerprint density at radius 2 is 1.94 bits per heavy atom. The SMILES string of the molecule is COc1c(Cl)cc(C)cc1/C(O)=C1\C(=O)C(=O)N(c2cc(F)ccc2F)C1c1cccnc1. The quantitative estimate of drug-likeness (QED) is 0.331. The van der Waals surface area contributed by atoms with Gasteiger partial charge in [0, 0.05) is 18.5 Å². The minimum Gasteiger partial charge on any atom is -0.507 e. The summed E-state index contributed by atoms with van der Waals surface area (Å²) in [7, 11) is 1.34. The van der Waals surface area contributed by atoms with Crippen molar-refractivity contribution in [3.8, 4) is 5.75 Å². The first-order valence-electron chi connectivity index (χ1n) is 9.75. The molecule has 1 saturated heterocycles. The van der Waals surface area contributed by atoms with Crippen LogP contribution < -0.4 is 9.64 Å². The molecule has 0 radical (unpaired) electrons. The third-order valence-corrected chi connectivity index (χ3v) is 5.54. The molecule has 168 valence electrons. The molecule has 1 unspecified atom stereocenters. The smallest absolute Gasteiger partial charge is 0.300 e. The number of ketones is 1. The first-order chi connectivity index (χ1) is 15.7. The van der Waals surface area contributed by atoms with Crippen molar-refractivity contribution in [2.24, 2.45) is 0 Å². The molecule has 1 amide bonds. The van der Waals surface area contributed by atoms with Gasteiger partial charge in [0.25, 0.3) is 11.7 Å². The lowest BCUT2D eigenvalue weighted by atomic mass is 9.95. The van der Waals surface area contributed by atoms with Crippen LogP contribution in [-0.4, -0.2) is 28.9 Å². The van der Waals surface area contributed by atoms with Gasteiger partial charge in [-0.1, -0.05) is 17.7 Å². The van der Waals surface area contributed by atoms with Gasteiger partial charge in [0.1, 0.15) is 23.1 Å². The molecule has 1 N–H and O–H groups in total. The van der Waals surface area contributed by atoms with Crippen LogP contribution in [0.2, 0.25) is 5.02 Å². The fourth-order valence-corrected chi connectivity index (χ4v) is 4.21. The second-order valence-electron chi connectivity index (χ2n) is 7.38. The number of Topliss-reactive ketones (excluding diaryl/α,β-unsaturated/α-hetero) is 1. The van der Waals surface area contributed by atoms with E-state index >= 15 is 0 Å². The van der Waals surface area contributed by atoms with Crippen molar-refractivity contribution in [3.05, 3.63) is 93.8 Å². The number of carbonyl (C=O) groups is 2. The predicted molar refractivity (Wildman–Crippen MR) is 118 cm³/mol. The minimum atomic E-state index is -1.28. The Kier molecular flexibility index (Phi) is 5.86. The van der Waals surface area contributed by atoms with Gasteiger partial charge in [-0.05, 0) is 48.4 Å². The van der Waals surface area contributed by atoms with Crippen LogP contribution in [0.15, 0.2) is 60.4 Å². The van der Waals surface area contributed by atoms with E-state index in [1.807, 2.05) is 0 Å². The molecule has 4 rings (SSSR count). The number of halogens is 3. The van der Waals surface area contributed by atoms with Gasteiger partial charge in [0.2, 0.25) is 0 Å².